The molecule has 2 aromatic heterocycles. The number of carboxylic acids is 1. The van der Waals surface area contributed by atoms with Crippen LogP contribution in [0.5, 0.6) is 0 Å². The summed E-state index contributed by atoms with van der Waals surface area (Å²) in [7, 11) is 0. The average molecular weight is 390 g/mol. The molecule has 0 aliphatic heterocycles. The van der Waals surface area contributed by atoms with Crippen molar-refractivity contribution in [1.82, 2.24) is 15.0 Å². The monoisotopic (exact) mass is 389 g/mol. The van der Waals surface area contributed by atoms with Crippen molar-refractivity contribution in [3.63, 3.8) is 0 Å². The second-order valence-electron chi connectivity index (χ2n) is 6.51. The Morgan fingerprint density at radius 2 is 1.75 bits per heavy atom. The summed E-state index contributed by atoms with van der Waals surface area (Å²) < 4.78 is 0. The van der Waals surface area contributed by atoms with Crippen LogP contribution in [0.1, 0.15) is 11.1 Å². The van der Waals surface area contributed by atoms with Crippen molar-refractivity contribution in [2.24, 2.45) is 0 Å². The molecule has 0 fully saturated rings. The van der Waals surface area contributed by atoms with Gasteiger partial charge in [-0.25, -0.2) is 15.0 Å². The standard InChI is InChI=1S/C22H16ClN3O2/c1-13-8-20-17(6-7-19(26-20)15-10-24-12-25-11-15)22(18(13)9-21(27)28)14-2-4-16(23)5-3-14/h2-8,10-12H,9H2,1H3,(H,27,28). The minimum absolute atomic E-state index is 0.0615. The Morgan fingerprint density at radius 3 is 2.43 bits per heavy atom. The van der Waals surface area contributed by atoms with E-state index in [4.69, 9.17) is 16.6 Å². The first-order chi connectivity index (χ1) is 13.5. The van der Waals surface area contributed by atoms with Gasteiger partial charge in [0.25, 0.3) is 0 Å². The largest absolute Gasteiger partial charge is 0.481 e. The van der Waals surface area contributed by atoms with E-state index in [1.165, 1.54) is 6.33 Å². The number of rotatable bonds is 4. The molecule has 5 nitrogen and oxygen atoms in total. The number of pyridine rings is 1. The second kappa shape index (κ2) is 7.37. The Balaban J connectivity index is 1.99. The summed E-state index contributed by atoms with van der Waals surface area (Å²) in [5.74, 6) is -0.872. The maximum atomic E-state index is 11.5. The van der Waals surface area contributed by atoms with Crippen LogP contribution in [0, 0.1) is 6.92 Å². The van der Waals surface area contributed by atoms with Gasteiger partial charge in [0.05, 0.1) is 17.6 Å². The highest BCUT2D eigenvalue weighted by Gasteiger charge is 2.17. The zero-order chi connectivity index (χ0) is 19.7. The third-order valence-electron chi connectivity index (χ3n) is 4.64. The number of carbonyl (C=O) groups is 1. The lowest BCUT2D eigenvalue weighted by molar-refractivity contribution is -0.136. The number of aliphatic carboxylic acids is 1. The Kier molecular flexibility index (Phi) is 4.75. The summed E-state index contributed by atoms with van der Waals surface area (Å²) in [6.45, 7) is 1.91. The fourth-order valence-corrected chi connectivity index (χ4v) is 3.49. The molecule has 0 aliphatic rings. The Hall–Kier alpha value is -3.31. The number of hydrogen-bond acceptors (Lipinski definition) is 4. The quantitative estimate of drug-likeness (QED) is 0.534. The molecule has 0 radical (unpaired) electrons. The number of fused-ring (bicyclic) bond motifs is 1. The highest BCUT2D eigenvalue weighted by Crippen LogP contribution is 2.36. The maximum absolute atomic E-state index is 11.5. The highest BCUT2D eigenvalue weighted by atomic mass is 35.5. The summed E-state index contributed by atoms with van der Waals surface area (Å²) in [5, 5.41) is 10.9. The summed E-state index contributed by atoms with van der Waals surface area (Å²) in [6.07, 6.45) is 4.85. The lowest BCUT2D eigenvalue weighted by Crippen LogP contribution is -2.05. The first-order valence-electron chi connectivity index (χ1n) is 8.69. The van der Waals surface area contributed by atoms with Crippen molar-refractivity contribution in [3.05, 3.63) is 77.3 Å². The van der Waals surface area contributed by atoms with E-state index < -0.39 is 5.97 Å². The van der Waals surface area contributed by atoms with E-state index in [-0.39, 0.29) is 6.42 Å². The molecule has 0 saturated carbocycles. The molecule has 0 saturated heterocycles. The van der Waals surface area contributed by atoms with Gasteiger partial charge in [-0.1, -0.05) is 29.8 Å². The van der Waals surface area contributed by atoms with E-state index in [1.54, 1.807) is 24.5 Å². The smallest absolute Gasteiger partial charge is 0.307 e. The van der Waals surface area contributed by atoms with Crippen LogP contribution in [0.2, 0.25) is 5.02 Å². The molecule has 0 amide bonds. The molecule has 4 rings (SSSR count). The molecule has 0 bridgehead atoms. The van der Waals surface area contributed by atoms with E-state index in [0.717, 1.165) is 44.4 Å². The molecule has 1 N–H and O–H groups in total. The lowest BCUT2D eigenvalue weighted by Gasteiger charge is -2.16. The number of aryl methyl sites for hydroxylation is 1. The van der Waals surface area contributed by atoms with Crippen molar-refractivity contribution in [2.75, 3.05) is 0 Å². The number of hydrogen-bond donors (Lipinski definition) is 1. The molecule has 2 heterocycles. The van der Waals surface area contributed by atoms with E-state index >= 15 is 0 Å². The molecule has 0 atom stereocenters. The number of halogens is 1. The van der Waals surface area contributed by atoms with Gasteiger partial charge < -0.3 is 5.11 Å². The predicted molar refractivity (Wildman–Crippen MR) is 109 cm³/mol. The molecular weight excluding hydrogens is 374 g/mol. The molecule has 0 spiro atoms. The fourth-order valence-electron chi connectivity index (χ4n) is 3.37. The third-order valence-corrected chi connectivity index (χ3v) is 4.89. The molecule has 4 aromatic rings. The van der Waals surface area contributed by atoms with Crippen LogP contribution >= 0.6 is 11.6 Å². The first-order valence-corrected chi connectivity index (χ1v) is 9.07. The van der Waals surface area contributed by atoms with E-state index in [0.29, 0.717) is 5.02 Å². The van der Waals surface area contributed by atoms with Crippen molar-refractivity contribution in [3.8, 4) is 22.4 Å². The van der Waals surface area contributed by atoms with Crippen LogP contribution in [-0.2, 0) is 11.2 Å². The van der Waals surface area contributed by atoms with Gasteiger partial charge in [-0.2, -0.15) is 0 Å². The first kappa shape index (κ1) is 18.1. The van der Waals surface area contributed by atoms with Crippen molar-refractivity contribution < 1.29 is 9.90 Å². The Bertz CT molecular complexity index is 1180. The molecule has 138 valence electrons. The third kappa shape index (κ3) is 3.44. The van der Waals surface area contributed by atoms with Crippen LogP contribution in [0.3, 0.4) is 0 Å². The minimum Gasteiger partial charge on any atom is -0.481 e. The SMILES string of the molecule is Cc1cc2nc(-c3cncnc3)ccc2c(-c2ccc(Cl)cc2)c1CC(=O)O. The van der Waals surface area contributed by atoms with Gasteiger partial charge in [-0.3, -0.25) is 4.79 Å². The molecule has 2 aromatic carbocycles. The van der Waals surface area contributed by atoms with Gasteiger partial charge in [0.1, 0.15) is 6.33 Å². The molecular formula is C22H16ClN3O2. The summed E-state index contributed by atoms with van der Waals surface area (Å²) in [4.78, 5) is 24.4. The number of carboxylic acid groups (broad SMARTS) is 1. The van der Waals surface area contributed by atoms with Crippen LogP contribution < -0.4 is 0 Å². The van der Waals surface area contributed by atoms with Crippen LogP contribution in [0.4, 0.5) is 0 Å². The van der Waals surface area contributed by atoms with Gasteiger partial charge in [0, 0.05) is 28.4 Å². The number of benzene rings is 2. The molecule has 6 heteroatoms. The average Bonchev–Trinajstić information content (AvgIpc) is 2.69. The van der Waals surface area contributed by atoms with E-state index in [1.807, 2.05) is 37.3 Å². The lowest BCUT2D eigenvalue weighted by atomic mass is 9.90. The van der Waals surface area contributed by atoms with E-state index in [2.05, 4.69) is 9.97 Å². The second-order valence-corrected chi connectivity index (χ2v) is 6.95. The summed E-state index contributed by atoms with van der Waals surface area (Å²) in [6, 6.07) is 13.2. The maximum Gasteiger partial charge on any atom is 0.307 e. The fraction of sp³-hybridized carbons (Fsp3) is 0.0909. The Labute approximate surface area is 166 Å². The van der Waals surface area contributed by atoms with Crippen LogP contribution in [-0.4, -0.2) is 26.0 Å². The van der Waals surface area contributed by atoms with E-state index in [9.17, 15) is 9.90 Å². The zero-order valence-corrected chi connectivity index (χ0v) is 15.8. The topological polar surface area (TPSA) is 76.0 Å². The minimum atomic E-state index is -0.872. The number of aromatic nitrogens is 3. The van der Waals surface area contributed by atoms with Crippen LogP contribution in [0.15, 0.2) is 61.2 Å². The van der Waals surface area contributed by atoms with Gasteiger partial charge >= 0.3 is 5.97 Å². The predicted octanol–water partition coefficient (Wildman–Crippen LogP) is 4.95. The van der Waals surface area contributed by atoms with Crippen molar-refractivity contribution in [1.29, 1.82) is 0 Å². The summed E-state index contributed by atoms with van der Waals surface area (Å²) in [5.41, 5.74) is 5.82. The highest BCUT2D eigenvalue weighted by molar-refractivity contribution is 6.30. The normalized spacial score (nSPS) is 10.9. The van der Waals surface area contributed by atoms with Gasteiger partial charge in [0.2, 0.25) is 0 Å². The Morgan fingerprint density at radius 1 is 1.04 bits per heavy atom. The van der Waals surface area contributed by atoms with Crippen LogP contribution in [0.25, 0.3) is 33.3 Å². The van der Waals surface area contributed by atoms with Gasteiger partial charge in [0.15, 0.2) is 0 Å². The van der Waals surface area contributed by atoms with Crippen molar-refractivity contribution in [2.45, 2.75) is 13.3 Å². The molecule has 0 unspecified atom stereocenters. The summed E-state index contributed by atoms with van der Waals surface area (Å²) >= 11 is 6.04. The zero-order valence-electron chi connectivity index (χ0n) is 15.1. The van der Waals surface area contributed by atoms with Gasteiger partial charge in [-0.15, -0.1) is 0 Å². The van der Waals surface area contributed by atoms with Crippen molar-refractivity contribution >= 4 is 28.5 Å². The van der Waals surface area contributed by atoms with Gasteiger partial charge in [-0.05, 0) is 53.4 Å². The number of nitrogens with zero attached hydrogens (tertiary/aromatic N) is 3. The molecule has 0 aliphatic carbocycles. The molecule has 28 heavy (non-hydrogen) atoms.